The molecule has 172 valence electrons. The maximum atomic E-state index is 13.0. The number of carbonyl (C=O) groups excluding carboxylic acids is 1. The Morgan fingerprint density at radius 1 is 0.900 bits per heavy atom. The number of ether oxygens (including phenoxy) is 1. The summed E-state index contributed by atoms with van der Waals surface area (Å²) in [7, 11) is 2.26. The summed E-state index contributed by atoms with van der Waals surface area (Å²) in [4.78, 5) is 23.3. The Balaban J connectivity index is 1.56. The van der Waals surface area contributed by atoms with Gasteiger partial charge in [0.1, 0.15) is 0 Å². The van der Waals surface area contributed by atoms with Crippen molar-refractivity contribution in [3.63, 3.8) is 0 Å². The van der Waals surface area contributed by atoms with E-state index in [0.29, 0.717) is 24.7 Å². The number of rotatable bonds is 7. The topological polar surface area (TPSA) is 39.3 Å². The van der Waals surface area contributed by atoms with Gasteiger partial charge in [-0.25, -0.2) is 4.79 Å². The quantitative estimate of drug-likeness (QED) is 0.631. The Kier molecular flexibility index (Phi) is 7.58. The summed E-state index contributed by atoms with van der Waals surface area (Å²) in [6.07, 6.45) is 10.6. The van der Waals surface area contributed by atoms with Crippen molar-refractivity contribution in [3.8, 4) is 0 Å². The zero-order chi connectivity index (χ0) is 21.1. The van der Waals surface area contributed by atoms with E-state index in [2.05, 4.69) is 40.5 Å². The number of nitrogens with zero attached hydrogens (tertiary/aromatic N) is 4. The predicted molar refractivity (Wildman–Crippen MR) is 121 cm³/mol. The molecule has 1 amide bonds. The Bertz CT molecular complexity index is 551. The van der Waals surface area contributed by atoms with Gasteiger partial charge in [-0.15, -0.1) is 0 Å². The number of fused-ring (bicyclic) bond motifs is 4. The fourth-order valence-corrected chi connectivity index (χ4v) is 6.67. The van der Waals surface area contributed by atoms with Crippen LogP contribution in [0.15, 0.2) is 0 Å². The van der Waals surface area contributed by atoms with E-state index in [9.17, 15) is 4.79 Å². The van der Waals surface area contributed by atoms with Crippen LogP contribution in [0.1, 0.15) is 71.6 Å². The number of amides is 1. The molecule has 0 aromatic carbocycles. The molecule has 5 saturated heterocycles. The van der Waals surface area contributed by atoms with Crippen LogP contribution in [-0.4, -0.2) is 102 Å². The van der Waals surface area contributed by atoms with Crippen LogP contribution in [0, 0.1) is 0 Å². The molecule has 6 heteroatoms. The minimum Gasteiger partial charge on any atom is -0.449 e. The van der Waals surface area contributed by atoms with Crippen molar-refractivity contribution < 1.29 is 9.53 Å². The molecule has 0 radical (unpaired) electrons. The molecule has 5 fully saturated rings. The maximum absolute atomic E-state index is 13.0. The standard InChI is InChI=1S/C24H44N4O2/c1-4-6-21(7-5-2)28-22(12-17-30-24(28)29)23-18-27(19-8-13-25(3)14-9-19)20-10-15-26(23)16-11-20/h19-23H,4-18H2,1-3H3. The average Bonchev–Trinajstić information content (AvgIpc) is 3.04. The highest BCUT2D eigenvalue weighted by atomic mass is 16.6. The molecule has 2 atom stereocenters. The smallest absolute Gasteiger partial charge is 0.410 e. The van der Waals surface area contributed by atoms with E-state index in [0.717, 1.165) is 50.7 Å². The first-order chi connectivity index (χ1) is 14.6. The molecule has 5 rings (SSSR count). The first-order valence-corrected chi connectivity index (χ1v) is 12.8. The van der Waals surface area contributed by atoms with E-state index in [4.69, 9.17) is 4.74 Å². The zero-order valence-corrected chi connectivity index (χ0v) is 19.6. The van der Waals surface area contributed by atoms with Gasteiger partial charge in [-0.05, 0) is 58.7 Å². The van der Waals surface area contributed by atoms with Crippen LogP contribution in [0.2, 0.25) is 0 Å². The molecule has 2 unspecified atom stereocenters. The average molecular weight is 421 g/mol. The fraction of sp³-hybridized carbons (Fsp3) is 0.958. The molecule has 0 aromatic rings. The number of hydrogen-bond donors (Lipinski definition) is 0. The third kappa shape index (κ3) is 4.66. The van der Waals surface area contributed by atoms with Crippen LogP contribution in [0.4, 0.5) is 4.79 Å². The molecule has 0 aromatic heterocycles. The van der Waals surface area contributed by atoms with E-state index in [1.807, 2.05) is 0 Å². The van der Waals surface area contributed by atoms with Crippen molar-refractivity contribution in [2.75, 3.05) is 46.4 Å². The second-order valence-electron chi connectivity index (χ2n) is 10.2. The SMILES string of the molecule is CCCC(CCC)N1C(=O)OCCC1C1CN(C2CCN(C)CC2)C2CCN1CC2. The van der Waals surface area contributed by atoms with E-state index >= 15 is 0 Å². The first-order valence-electron chi connectivity index (χ1n) is 12.8. The summed E-state index contributed by atoms with van der Waals surface area (Å²) in [6.45, 7) is 11.1. The van der Waals surface area contributed by atoms with E-state index in [1.165, 1.54) is 51.9 Å². The summed E-state index contributed by atoms with van der Waals surface area (Å²) in [5.41, 5.74) is 0. The highest BCUT2D eigenvalue weighted by molar-refractivity contribution is 5.69. The van der Waals surface area contributed by atoms with Gasteiger partial charge in [0.25, 0.3) is 0 Å². The van der Waals surface area contributed by atoms with Gasteiger partial charge in [-0.1, -0.05) is 26.7 Å². The number of hydrogen-bond acceptors (Lipinski definition) is 5. The number of piperidine rings is 2. The van der Waals surface area contributed by atoms with Gasteiger partial charge in [0.2, 0.25) is 0 Å². The van der Waals surface area contributed by atoms with E-state index in [1.54, 1.807) is 0 Å². The molecular formula is C24H44N4O2. The van der Waals surface area contributed by atoms with Crippen LogP contribution < -0.4 is 0 Å². The summed E-state index contributed by atoms with van der Waals surface area (Å²) in [6, 6.07) is 2.56. The third-order valence-electron chi connectivity index (χ3n) is 8.28. The minimum absolute atomic E-state index is 0.0519. The predicted octanol–water partition coefficient (Wildman–Crippen LogP) is 3.41. The lowest BCUT2D eigenvalue weighted by molar-refractivity contribution is -0.0161. The van der Waals surface area contributed by atoms with Crippen LogP contribution in [0.25, 0.3) is 0 Å². The monoisotopic (exact) mass is 420 g/mol. The van der Waals surface area contributed by atoms with Crippen LogP contribution >= 0.6 is 0 Å². The third-order valence-corrected chi connectivity index (χ3v) is 8.28. The zero-order valence-electron chi connectivity index (χ0n) is 19.6. The summed E-state index contributed by atoms with van der Waals surface area (Å²) < 4.78 is 5.60. The second-order valence-corrected chi connectivity index (χ2v) is 10.2. The van der Waals surface area contributed by atoms with Gasteiger partial charge in [-0.2, -0.15) is 0 Å². The lowest BCUT2D eigenvalue weighted by atomic mass is 9.94. The van der Waals surface area contributed by atoms with Gasteiger partial charge >= 0.3 is 6.09 Å². The molecule has 2 bridgehead atoms. The van der Waals surface area contributed by atoms with E-state index < -0.39 is 0 Å². The first kappa shape index (κ1) is 22.3. The Labute approximate surface area is 183 Å². The molecule has 0 N–H and O–H groups in total. The molecule has 5 aliphatic heterocycles. The molecule has 5 heterocycles. The maximum Gasteiger partial charge on any atom is 0.410 e. The van der Waals surface area contributed by atoms with Crippen molar-refractivity contribution in [1.29, 1.82) is 0 Å². The molecular weight excluding hydrogens is 376 g/mol. The normalized spacial score (nSPS) is 34.4. The van der Waals surface area contributed by atoms with Crippen LogP contribution in [-0.2, 0) is 4.74 Å². The highest BCUT2D eigenvalue weighted by Crippen LogP contribution is 2.34. The summed E-state index contributed by atoms with van der Waals surface area (Å²) >= 11 is 0. The number of carbonyl (C=O) groups is 1. The van der Waals surface area contributed by atoms with Gasteiger partial charge in [0.15, 0.2) is 0 Å². The summed E-state index contributed by atoms with van der Waals surface area (Å²) in [5, 5.41) is 0. The fourth-order valence-electron chi connectivity index (χ4n) is 6.67. The number of likely N-dealkylation sites (tertiary alicyclic amines) is 1. The molecule has 30 heavy (non-hydrogen) atoms. The van der Waals surface area contributed by atoms with Crippen LogP contribution in [0.3, 0.4) is 0 Å². The number of cyclic esters (lactones) is 1. The van der Waals surface area contributed by atoms with Crippen molar-refractivity contribution in [1.82, 2.24) is 19.6 Å². The highest BCUT2D eigenvalue weighted by Gasteiger charge is 2.46. The minimum atomic E-state index is -0.0519. The van der Waals surface area contributed by atoms with Gasteiger partial charge in [0, 0.05) is 50.2 Å². The van der Waals surface area contributed by atoms with Crippen molar-refractivity contribution in [2.45, 2.75) is 102 Å². The summed E-state index contributed by atoms with van der Waals surface area (Å²) in [5.74, 6) is 0. The van der Waals surface area contributed by atoms with Gasteiger partial charge < -0.3 is 14.5 Å². The molecule has 6 nitrogen and oxygen atoms in total. The Morgan fingerprint density at radius 2 is 1.50 bits per heavy atom. The van der Waals surface area contributed by atoms with Crippen molar-refractivity contribution in [2.24, 2.45) is 0 Å². The van der Waals surface area contributed by atoms with Gasteiger partial charge in [-0.3, -0.25) is 9.80 Å². The van der Waals surface area contributed by atoms with Crippen LogP contribution in [0.5, 0.6) is 0 Å². The lowest BCUT2D eigenvalue weighted by Crippen LogP contribution is -2.61. The van der Waals surface area contributed by atoms with Gasteiger partial charge in [0.05, 0.1) is 12.6 Å². The molecule has 0 aliphatic carbocycles. The Morgan fingerprint density at radius 3 is 2.10 bits per heavy atom. The molecule has 5 aliphatic rings. The second kappa shape index (κ2) is 10.2. The van der Waals surface area contributed by atoms with Crippen molar-refractivity contribution >= 4 is 6.09 Å². The van der Waals surface area contributed by atoms with E-state index in [-0.39, 0.29) is 6.09 Å². The van der Waals surface area contributed by atoms with Crippen molar-refractivity contribution in [3.05, 3.63) is 0 Å². The largest absolute Gasteiger partial charge is 0.449 e. The lowest BCUT2D eigenvalue weighted by Gasteiger charge is -2.47. The molecule has 0 saturated carbocycles. The Hall–Kier alpha value is -0.850. The molecule has 0 spiro atoms.